The summed E-state index contributed by atoms with van der Waals surface area (Å²) in [4.78, 5) is 17.4. The van der Waals surface area contributed by atoms with Crippen LogP contribution < -0.4 is 4.74 Å². The fourth-order valence-corrected chi connectivity index (χ4v) is 5.65. The van der Waals surface area contributed by atoms with Crippen molar-refractivity contribution < 1.29 is 9.53 Å². The summed E-state index contributed by atoms with van der Waals surface area (Å²) in [6.07, 6.45) is 24.9. The highest BCUT2D eigenvalue weighted by Gasteiger charge is 2.27. The second-order valence-corrected chi connectivity index (χ2v) is 11.3. The van der Waals surface area contributed by atoms with E-state index in [1.165, 1.54) is 102 Å². The van der Waals surface area contributed by atoms with Crippen molar-refractivity contribution in [3.63, 3.8) is 0 Å². The van der Waals surface area contributed by atoms with Gasteiger partial charge in [0.2, 0.25) is 0 Å². The second kappa shape index (κ2) is 17.4. The molecule has 0 aliphatic heterocycles. The molecule has 0 spiro atoms. The summed E-state index contributed by atoms with van der Waals surface area (Å²) < 4.78 is 5.76. The molecule has 0 bridgehead atoms. The molecule has 1 saturated carbocycles. The lowest BCUT2D eigenvalue weighted by Gasteiger charge is -2.27. The largest absolute Gasteiger partial charge is 0.426 e. The molecule has 1 aliphatic rings. The van der Waals surface area contributed by atoms with Gasteiger partial charge in [-0.15, -0.1) is 0 Å². The molecule has 1 aromatic carbocycles. The van der Waals surface area contributed by atoms with E-state index in [-0.39, 0.29) is 11.9 Å². The summed E-state index contributed by atoms with van der Waals surface area (Å²) >= 11 is 0. The Morgan fingerprint density at radius 1 is 0.757 bits per heavy atom. The van der Waals surface area contributed by atoms with E-state index in [1.807, 2.05) is 30.5 Å². The number of carbonyl (C=O) groups is 1. The van der Waals surface area contributed by atoms with Gasteiger partial charge in [-0.05, 0) is 80.3 Å². The molecular formula is C34H51NO2. The summed E-state index contributed by atoms with van der Waals surface area (Å²) in [5.41, 5.74) is 3.33. The number of hydrogen-bond donors (Lipinski definition) is 0. The van der Waals surface area contributed by atoms with Gasteiger partial charge < -0.3 is 4.74 Å². The Morgan fingerprint density at radius 2 is 1.38 bits per heavy atom. The van der Waals surface area contributed by atoms with Gasteiger partial charge in [0.1, 0.15) is 5.75 Å². The van der Waals surface area contributed by atoms with Crippen LogP contribution in [0.3, 0.4) is 0 Å². The van der Waals surface area contributed by atoms with Crippen LogP contribution in [0.25, 0.3) is 11.3 Å². The first-order valence-corrected chi connectivity index (χ1v) is 15.5. The zero-order valence-corrected chi connectivity index (χ0v) is 23.7. The number of aryl methyl sites for hydroxylation is 1. The molecule has 37 heavy (non-hydrogen) atoms. The van der Waals surface area contributed by atoms with Crippen molar-refractivity contribution in [3.8, 4) is 17.0 Å². The van der Waals surface area contributed by atoms with Crippen molar-refractivity contribution in [2.75, 3.05) is 0 Å². The highest BCUT2D eigenvalue weighted by Crippen LogP contribution is 2.33. The summed E-state index contributed by atoms with van der Waals surface area (Å²) in [7, 11) is 0. The first kappa shape index (κ1) is 29.4. The van der Waals surface area contributed by atoms with E-state index in [1.54, 1.807) is 0 Å². The number of rotatable bonds is 17. The molecule has 3 rings (SSSR count). The Hall–Kier alpha value is -2.16. The number of hydrogen-bond acceptors (Lipinski definition) is 3. The van der Waals surface area contributed by atoms with Crippen LogP contribution >= 0.6 is 0 Å². The van der Waals surface area contributed by atoms with Crippen molar-refractivity contribution in [3.05, 3.63) is 48.2 Å². The third kappa shape index (κ3) is 11.0. The molecule has 2 aromatic rings. The SMILES string of the molecule is CCCCCCCCc1ccc(-c2ccc(OC(=O)[C@H]3CC[C@H](CCCCCCCC)CC3)cc2)nc1. The summed E-state index contributed by atoms with van der Waals surface area (Å²) in [5.74, 6) is 1.45. The van der Waals surface area contributed by atoms with Crippen molar-refractivity contribution >= 4 is 5.97 Å². The Morgan fingerprint density at radius 3 is 2.00 bits per heavy atom. The average Bonchev–Trinajstić information content (AvgIpc) is 2.94. The minimum Gasteiger partial charge on any atom is -0.426 e. The molecule has 1 aromatic heterocycles. The maximum atomic E-state index is 12.8. The first-order chi connectivity index (χ1) is 18.2. The monoisotopic (exact) mass is 505 g/mol. The highest BCUT2D eigenvalue weighted by molar-refractivity contribution is 5.75. The molecule has 0 N–H and O–H groups in total. The van der Waals surface area contributed by atoms with E-state index in [9.17, 15) is 4.79 Å². The molecular weight excluding hydrogens is 454 g/mol. The van der Waals surface area contributed by atoms with Crippen LogP contribution in [0.15, 0.2) is 42.6 Å². The van der Waals surface area contributed by atoms with E-state index in [2.05, 4.69) is 31.0 Å². The van der Waals surface area contributed by atoms with E-state index in [0.717, 1.165) is 36.4 Å². The molecule has 0 unspecified atom stereocenters. The van der Waals surface area contributed by atoms with Crippen LogP contribution in [0.1, 0.15) is 129 Å². The van der Waals surface area contributed by atoms with Gasteiger partial charge in [0, 0.05) is 11.8 Å². The van der Waals surface area contributed by atoms with E-state index >= 15 is 0 Å². The van der Waals surface area contributed by atoms with E-state index in [0.29, 0.717) is 5.75 Å². The van der Waals surface area contributed by atoms with Gasteiger partial charge >= 0.3 is 5.97 Å². The molecule has 0 amide bonds. The molecule has 1 fully saturated rings. The Kier molecular flexibility index (Phi) is 13.8. The average molecular weight is 506 g/mol. The highest BCUT2D eigenvalue weighted by atomic mass is 16.5. The third-order valence-corrected chi connectivity index (χ3v) is 8.16. The topological polar surface area (TPSA) is 39.2 Å². The third-order valence-electron chi connectivity index (χ3n) is 8.16. The normalized spacial score (nSPS) is 17.6. The van der Waals surface area contributed by atoms with Crippen molar-refractivity contribution in [1.29, 1.82) is 0 Å². The smallest absolute Gasteiger partial charge is 0.314 e. The van der Waals surface area contributed by atoms with Crippen LogP contribution in [0.4, 0.5) is 0 Å². The zero-order chi connectivity index (χ0) is 26.1. The van der Waals surface area contributed by atoms with Gasteiger partial charge in [-0.1, -0.05) is 97.0 Å². The minimum atomic E-state index is -0.0528. The number of carbonyl (C=O) groups excluding carboxylic acids is 1. The molecule has 0 radical (unpaired) electrons. The van der Waals surface area contributed by atoms with Crippen molar-refractivity contribution in [2.24, 2.45) is 11.8 Å². The van der Waals surface area contributed by atoms with E-state index < -0.39 is 0 Å². The zero-order valence-electron chi connectivity index (χ0n) is 23.7. The summed E-state index contributed by atoms with van der Waals surface area (Å²) in [6.45, 7) is 4.53. The van der Waals surface area contributed by atoms with Crippen LogP contribution in [-0.2, 0) is 11.2 Å². The Labute approximate surface area is 226 Å². The number of ether oxygens (including phenoxy) is 1. The molecule has 3 heteroatoms. The maximum absolute atomic E-state index is 12.8. The molecule has 0 saturated heterocycles. The second-order valence-electron chi connectivity index (χ2n) is 11.3. The quantitative estimate of drug-likeness (QED) is 0.122. The van der Waals surface area contributed by atoms with Crippen molar-refractivity contribution in [2.45, 2.75) is 129 Å². The van der Waals surface area contributed by atoms with Crippen LogP contribution in [-0.4, -0.2) is 11.0 Å². The maximum Gasteiger partial charge on any atom is 0.314 e. The number of nitrogens with zero attached hydrogens (tertiary/aromatic N) is 1. The predicted octanol–water partition coefficient (Wildman–Crippen LogP) is 10.1. The number of unbranched alkanes of at least 4 members (excludes halogenated alkanes) is 10. The Balaban J connectivity index is 1.35. The van der Waals surface area contributed by atoms with E-state index in [4.69, 9.17) is 4.74 Å². The minimum absolute atomic E-state index is 0.0528. The molecule has 1 aliphatic carbocycles. The van der Waals surface area contributed by atoms with Gasteiger partial charge in [-0.2, -0.15) is 0 Å². The molecule has 0 atom stereocenters. The lowest BCUT2D eigenvalue weighted by Crippen LogP contribution is -2.25. The lowest BCUT2D eigenvalue weighted by atomic mass is 9.80. The number of benzene rings is 1. The van der Waals surface area contributed by atoms with Gasteiger partial charge in [0.05, 0.1) is 11.6 Å². The number of aromatic nitrogens is 1. The standard InChI is InChI=1S/C34H51NO2/c1-3-5-7-9-11-13-15-28-17-20-31(21-18-28)34(36)37-32-24-22-30(23-25-32)33-26-19-29(27-35-33)16-14-12-10-8-6-4-2/h19,22-28,31H,3-18,20-21H2,1-2H3/t28-,31-. The number of esters is 1. The van der Waals surface area contributed by atoms with Crippen LogP contribution in [0.5, 0.6) is 5.75 Å². The fraction of sp³-hybridized carbons (Fsp3) is 0.647. The van der Waals surface area contributed by atoms with Gasteiger partial charge in [-0.3, -0.25) is 9.78 Å². The first-order valence-electron chi connectivity index (χ1n) is 15.5. The predicted molar refractivity (Wildman–Crippen MR) is 156 cm³/mol. The Bertz CT molecular complexity index is 866. The molecule has 3 nitrogen and oxygen atoms in total. The van der Waals surface area contributed by atoms with Gasteiger partial charge in [0.15, 0.2) is 0 Å². The van der Waals surface area contributed by atoms with Gasteiger partial charge in [0.25, 0.3) is 0 Å². The summed E-state index contributed by atoms with van der Waals surface area (Å²) in [5, 5.41) is 0. The number of pyridine rings is 1. The van der Waals surface area contributed by atoms with Gasteiger partial charge in [-0.25, -0.2) is 0 Å². The lowest BCUT2D eigenvalue weighted by molar-refractivity contribution is -0.140. The van der Waals surface area contributed by atoms with Crippen molar-refractivity contribution in [1.82, 2.24) is 4.98 Å². The van der Waals surface area contributed by atoms with Crippen LogP contribution in [0, 0.1) is 11.8 Å². The van der Waals surface area contributed by atoms with Crippen LogP contribution in [0.2, 0.25) is 0 Å². The molecule has 1 heterocycles. The summed E-state index contributed by atoms with van der Waals surface area (Å²) in [6, 6.07) is 12.1. The fourth-order valence-electron chi connectivity index (χ4n) is 5.65. The molecule has 204 valence electrons.